The quantitative estimate of drug-likeness (QED) is 0.805. The van der Waals surface area contributed by atoms with Crippen LogP contribution in [0.5, 0.6) is 11.5 Å². The van der Waals surface area contributed by atoms with Crippen molar-refractivity contribution in [2.24, 2.45) is 0 Å². The first kappa shape index (κ1) is 12.0. The summed E-state index contributed by atoms with van der Waals surface area (Å²) in [6, 6.07) is 5.37. The van der Waals surface area contributed by atoms with Crippen molar-refractivity contribution in [2.75, 3.05) is 7.11 Å². The fourth-order valence-electron chi connectivity index (χ4n) is 2.35. The van der Waals surface area contributed by atoms with Gasteiger partial charge in [0.05, 0.1) is 19.1 Å². The summed E-state index contributed by atoms with van der Waals surface area (Å²) in [6.07, 6.45) is 2.35. The van der Waals surface area contributed by atoms with E-state index < -0.39 is 0 Å². The highest BCUT2D eigenvalue weighted by molar-refractivity contribution is 6.00. The fourth-order valence-corrected chi connectivity index (χ4v) is 2.35. The minimum Gasteiger partial charge on any atom is -0.497 e. The number of hydrogen-bond donors (Lipinski definition) is 0. The number of fused-ring (bicyclic) bond motifs is 1. The van der Waals surface area contributed by atoms with Crippen molar-refractivity contribution >= 4 is 5.78 Å². The number of benzene rings is 1. The van der Waals surface area contributed by atoms with Gasteiger partial charge >= 0.3 is 0 Å². The molecule has 0 N–H and O–H groups in total. The fraction of sp³-hybridized carbons (Fsp3) is 0.500. The van der Waals surface area contributed by atoms with Gasteiger partial charge < -0.3 is 9.47 Å². The lowest BCUT2D eigenvalue weighted by molar-refractivity contribution is 0.0464. The SMILES string of the molecule is CCCC1(C)CC(=O)c2ccc(OC)cc2O1. The maximum Gasteiger partial charge on any atom is 0.170 e. The number of ketones is 1. The Morgan fingerprint density at radius 2 is 2.24 bits per heavy atom. The third kappa shape index (κ3) is 2.28. The average Bonchev–Trinajstić information content (AvgIpc) is 2.27. The van der Waals surface area contributed by atoms with E-state index in [-0.39, 0.29) is 11.4 Å². The van der Waals surface area contributed by atoms with Crippen LogP contribution in [0.4, 0.5) is 0 Å². The summed E-state index contributed by atoms with van der Waals surface area (Å²) in [6.45, 7) is 4.09. The second-order valence-electron chi connectivity index (χ2n) is 4.76. The molecule has 0 aliphatic carbocycles. The Balaban J connectivity index is 2.36. The predicted octanol–water partition coefficient (Wildman–Crippen LogP) is 3.22. The van der Waals surface area contributed by atoms with E-state index in [1.165, 1.54) is 0 Å². The largest absolute Gasteiger partial charge is 0.497 e. The Labute approximate surface area is 102 Å². The van der Waals surface area contributed by atoms with E-state index in [2.05, 4.69) is 6.92 Å². The third-order valence-corrected chi connectivity index (χ3v) is 3.16. The molecule has 0 saturated carbocycles. The number of carbonyl (C=O) groups is 1. The Kier molecular flexibility index (Phi) is 3.09. The van der Waals surface area contributed by atoms with E-state index in [1.54, 1.807) is 25.3 Å². The number of hydrogen-bond acceptors (Lipinski definition) is 3. The van der Waals surface area contributed by atoms with E-state index in [9.17, 15) is 4.79 Å². The molecule has 0 aromatic heterocycles. The van der Waals surface area contributed by atoms with E-state index in [1.807, 2.05) is 6.92 Å². The first-order valence-electron chi connectivity index (χ1n) is 5.98. The second-order valence-corrected chi connectivity index (χ2v) is 4.76. The van der Waals surface area contributed by atoms with Gasteiger partial charge in [0, 0.05) is 6.07 Å². The van der Waals surface area contributed by atoms with Crippen molar-refractivity contribution in [2.45, 2.75) is 38.7 Å². The summed E-state index contributed by atoms with van der Waals surface area (Å²) in [5, 5.41) is 0. The van der Waals surface area contributed by atoms with Gasteiger partial charge in [0.1, 0.15) is 17.1 Å². The van der Waals surface area contributed by atoms with Gasteiger partial charge in [-0.25, -0.2) is 0 Å². The number of rotatable bonds is 3. The summed E-state index contributed by atoms with van der Waals surface area (Å²) < 4.78 is 11.1. The summed E-state index contributed by atoms with van der Waals surface area (Å²) >= 11 is 0. The molecule has 1 unspecified atom stereocenters. The van der Waals surface area contributed by atoms with Crippen LogP contribution in [0.15, 0.2) is 18.2 Å². The number of Topliss-reactive ketones (excluding diaryl/α,β-unsaturated/α-hetero) is 1. The van der Waals surface area contributed by atoms with Crippen molar-refractivity contribution in [3.8, 4) is 11.5 Å². The Morgan fingerprint density at radius 1 is 1.47 bits per heavy atom. The first-order valence-corrected chi connectivity index (χ1v) is 5.98. The highest BCUT2D eigenvalue weighted by atomic mass is 16.5. The highest BCUT2D eigenvalue weighted by Gasteiger charge is 2.35. The van der Waals surface area contributed by atoms with Gasteiger partial charge in [0.2, 0.25) is 0 Å². The molecule has 1 heterocycles. The molecular weight excluding hydrogens is 216 g/mol. The first-order chi connectivity index (χ1) is 8.08. The van der Waals surface area contributed by atoms with Crippen LogP contribution >= 0.6 is 0 Å². The number of carbonyl (C=O) groups excluding carboxylic acids is 1. The second kappa shape index (κ2) is 4.40. The van der Waals surface area contributed by atoms with Crippen molar-refractivity contribution in [1.82, 2.24) is 0 Å². The van der Waals surface area contributed by atoms with Crippen molar-refractivity contribution in [1.29, 1.82) is 0 Å². The molecule has 0 bridgehead atoms. The third-order valence-electron chi connectivity index (χ3n) is 3.16. The van der Waals surface area contributed by atoms with Crippen LogP contribution in [-0.4, -0.2) is 18.5 Å². The van der Waals surface area contributed by atoms with Crippen LogP contribution in [0.2, 0.25) is 0 Å². The zero-order valence-corrected chi connectivity index (χ0v) is 10.6. The van der Waals surface area contributed by atoms with Crippen LogP contribution in [0.1, 0.15) is 43.5 Å². The molecule has 0 spiro atoms. The van der Waals surface area contributed by atoms with Crippen LogP contribution in [0.3, 0.4) is 0 Å². The van der Waals surface area contributed by atoms with Gasteiger partial charge in [-0.05, 0) is 25.5 Å². The lowest BCUT2D eigenvalue weighted by Gasteiger charge is -2.34. The van der Waals surface area contributed by atoms with Gasteiger partial charge in [-0.3, -0.25) is 4.79 Å². The van der Waals surface area contributed by atoms with E-state index in [0.29, 0.717) is 17.7 Å². The molecule has 17 heavy (non-hydrogen) atoms. The minimum absolute atomic E-state index is 0.157. The highest BCUT2D eigenvalue weighted by Crippen LogP contribution is 2.37. The maximum atomic E-state index is 12.1. The van der Waals surface area contributed by atoms with E-state index >= 15 is 0 Å². The van der Waals surface area contributed by atoms with Gasteiger partial charge in [0.15, 0.2) is 5.78 Å². The topological polar surface area (TPSA) is 35.5 Å². The standard InChI is InChI=1S/C14H18O3/c1-4-7-14(2)9-12(15)11-6-5-10(16-3)8-13(11)17-14/h5-6,8H,4,7,9H2,1-3H3. The van der Waals surface area contributed by atoms with Gasteiger partial charge in [0.25, 0.3) is 0 Å². The molecule has 2 rings (SSSR count). The van der Waals surface area contributed by atoms with Crippen LogP contribution < -0.4 is 9.47 Å². The van der Waals surface area contributed by atoms with Crippen LogP contribution in [0, 0.1) is 0 Å². The van der Waals surface area contributed by atoms with Gasteiger partial charge in [-0.15, -0.1) is 0 Å². The molecule has 0 saturated heterocycles. The summed E-state index contributed by atoms with van der Waals surface area (Å²) in [5.74, 6) is 1.53. The number of methoxy groups -OCH3 is 1. The van der Waals surface area contributed by atoms with Gasteiger partial charge in [-0.1, -0.05) is 13.3 Å². The number of ether oxygens (including phenoxy) is 2. The molecule has 1 atom stereocenters. The molecule has 1 aromatic rings. The monoisotopic (exact) mass is 234 g/mol. The van der Waals surface area contributed by atoms with Crippen molar-refractivity contribution < 1.29 is 14.3 Å². The molecular formula is C14H18O3. The molecule has 92 valence electrons. The van der Waals surface area contributed by atoms with Crippen LogP contribution in [-0.2, 0) is 0 Å². The summed E-state index contributed by atoms with van der Waals surface area (Å²) in [5.41, 5.74) is 0.296. The molecule has 3 nitrogen and oxygen atoms in total. The molecule has 3 heteroatoms. The molecule has 0 radical (unpaired) electrons. The Bertz CT molecular complexity index is 439. The lowest BCUT2D eigenvalue weighted by atomic mass is 9.88. The normalized spacial score (nSPS) is 22.9. The zero-order valence-electron chi connectivity index (χ0n) is 10.6. The Hall–Kier alpha value is -1.51. The molecule has 0 amide bonds. The van der Waals surface area contributed by atoms with Crippen molar-refractivity contribution in [3.05, 3.63) is 23.8 Å². The molecule has 1 aliphatic rings. The minimum atomic E-state index is -0.370. The summed E-state index contributed by atoms with van der Waals surface area (Å²) in [4.78, 5) is 12.1. The maximum absolute atomic E-state index is 12.1. The van der Waals surface area contributed by atoms with E-state index in [4.69, 9.17) is 9.47 Å². The van der Waals surface area contributed by atoms with Crippen LogP contribution in [0.25, 0.3) is 0 Å². The predicted molar refractivity (Wildman–Crippen MR) is 65.9 cm³/mol. The lowest BCUT2D eigenvalue weighted by Crippen LogP contribution is -2.38. The molecule has 1 aliphatic heterocycles. The Morgan fingerprint density at radius 3 is 2.88 bits per heavy atom. The molecule has 1 aromatic carbocycles. The van der Waals surface area contributed by atoms with E-state index in [0.717, 1.165) is 18.6 Å². The van der Waals surface area contributed by atoms with Crippen molar-refractivity contribution in [3.63, 3.8) is 0 Å². The molecule has 0 fully saturated rings. The van der Waals surface area contributed by atoms with Gasteiger partial charge in [-0.2, -0.15) is 0 Å². The average molecular weight is 234 g/mol. The summed E-state index contributed by atoms with van der Waals surface area (Å²) in [7, 11) is 1.61. The zero-order chi connectivity index (χ0) is 12.5. The smallest absolute Gasteiger partial charge is 0.170 e.